The van der Waals surface area contributed by atoms with Gasteiger partial charge in [0.1, 0.15) is 0 Å². The van der Waals surface area contributed by atoms with Gasteiger partial charge in [0.15, 0.2) is 0 Å². The molecule has 0 heterocycles. The van der Waals surface area contributed by atoms with Crippen molar-refractivity contribution in [2.24, 2.45) is 0 Å². The average Bonchev–Trinajstić information content (AvgIpc) is 2.53. The van der Waals surface area contributed by atoms with Crippen LogP contribution < -0.4 is 0 Å². The predicted molar refractivity (Wildman–Crippen MR) is 88.8 cm³/mol. The van der Waals surface area contributed by atoms with Crippen LogP contribution in [0.5, 0.6) is 0 Å². The Kier molecular flexibility index (Phi) is 4.75. The van der Waals surface area contributed by atoms with Crippen LogP contribution in [-0.4, -0.2) is 0 Å². The third-order valence-corrected chi connectivity index (χ3v) is 4.43. The maximum atomic E-state index is 13.0. The molecule has 2 aromatic carbocycles. The van der Waals surface area contributed by atoms with Gasteiger partial charge in [-0.2, -0.15) is 18.4 Å². The first-order valence-corrected chi connectivity index (χ1v) is 7.79. The Bertz CT molecular complexity index is 780. The van der Waals surface area contributed by atoms with E-state index in [0.717, 1.165) is 17.2 Å². The van der Waals surface area contributed by atoms with Crippen molar-refractivity contribution in [2.45, 2.75) is 45.2 Å². The van der Waals surface area contributed by atoms with Crippen LogP contribution in [0.25, 0.3) is 0 Å². The van der Waals surface area contributed by atoms with Gasteiger partial charge in [-0.15, -0.1) is 0 Å². The van der Waals surface area contributed by atoms with Gasteiger partial charge in [-0.05, 0) is 34.7 Å². The number of benzene rings is 2. The average molecular weight is 331 g/mol. The van der Waals surface area contributed by atoms with Gasteiger partial charge in [-0.25, -0.2) is 0 Å². The molecule has 0 radical (unpaired) electrons. The van der Waals surface area contributed by atoms with Gasteiger partial charge in [0, 0.05) is 5.41 Å². The van der Waals surface area contributed by atoms with Crippen LogP contribution >= 0.6 is 0 Å². The van der Waals surface area contributed by atoms with Crippen molar-refractivity contribution in [3.8, 4) is 6.07 Å². The summed E-state index contributed by atoms with van der Waals surface area (Å²) in [6.45, 7) is 7.75. The smallest absolute Gasteiger partial charge is 0.192 e. The van der Waals surface area contributed by atoms with E-state index in [-0.39, 0.29) is 5.92 Å². The molecule has 24 heavy (non-hydrogen) atoms. The Hall–Kier alpha value is -2.28. The maximum Gasteiger partial charge on any atom is 0.416 e. The maximum absolute atomic E-state index is 13.0. The summed E-state index contributed by atoms with van der Waals surface area (Å²) in [7, 11) is 0. The predicted octanol–water partition coefficient (Wildman–Crippen LogP) is 6.03. The molecule has 0 atom stereocenters. The normalized spacial score (nSPS) is 12.3. The minimum Gasteiger partial charge on any atom is -0.192 e. The summed E-state index contributed by atoms with van der Waals surface area (Å²) >= 11 is 0. The lowest BCUT2D eigenvalue weighted by atomic mass is 9.76. The van der Waals surface area contributed by atoms with Gasteiger partial charge in [-0.3, -0.25) is 0 Å². The highest BCUT2D eigenvalue weighted by molar-refractivity contribution is 5.48. The number of alkyl halides is 3. The highest BCUT2D eigenvalue weighted by atomic mass is 19.4. The SMILES string of the molecule is CC(C)c1ccc(C(C)(C)c2cccc(C(F)(F)F)c2)cc1C#N. The van der Waals surface area contributed by atoms with Crippen LogP contribution in [-0.2, 0) is 11.6 Å². The summed E-state index contributed by atoms with van der Waals surface area (Å²) in [6, 6.07) is 13.2. The van der Waals surface area contributed by atoms with Gasteiger partial charge in [0.2, 0.25) is 0 Å². The first-order chi connectivity index (χ1) is 11.1. The second kappa shape index (κ2) is 6.32. The molecule has 126 valence electrons. The fourth-order valence-electron chi connectivity index (χ4n) is 2.80. The minimum atomic E-state index is -4.37. The van der Waals surface area contributed by atoms with Crippen molar-refractivity contribution >= 4 is 0 Å². The topological polar surface area (TPSA) is 23.8 Å². The van der Waals surface area contributed by atoms with Gasteiger partial charge in [-0.1, -0.05) is 58.0 Å². The summed E-state index contributed by atoms with van der Waals surface area (Å²) in [4.78, 5) is 0. The van der Waals surface area contributed by atoms with Crippen molar-refractivity contribution < 1.29 is 13.2 Å². The molecule has 0 saturated carbocycles. The molecule has 0 unspecified atom stereocenters. The molecule has 0 N–H and O–H groups in total. The van der Waals surface area contributed by atoms with E-state index in [4.69, 9.17) is 0 Å². The van der Waals surface area contributed by atoms with E-state index in [1.807, 2.05) is 39.8 Å². The Balaban J connectivity index is 2.53. The summed E-state index contributed by atoms with van der Waals surface area (Å²) in [6.07, 6.45) is -4.37. The van der Waals surface area contributed by atoms with Crippen molar-refractivity contribution in [2.75, 3.05) is 0 Å². The van der Waals surface area contributed by atoms with Crippen molar-refractivity contribution in [1.29, 1.82) is 5.26 Å². The molecule has 2 rings (SSSR count). The van der Waals surface area contributed by atoms with Gasteiger partial charge < -0.3 is 0 Å². The van der Waals surface area contributed by atoms with Crippen molar-refractivity contribution in [3.63, 3.8) is 0 Å². The highest BCUT2D eigenvalue weighted by Crippen LogP contribution is 2.37. The van der Waals surface area contributed by atoms with E-state index in [9.17, 15) is 18.4 Å². The number of nitriles is 1. The quantitative estimate of drug-likeness (QED) is 0.674. The Morgan fingerprint density at radius 2 is 1.50 bits per heavy atom. The molecule has 0 aliphatic rings. The van der Waals surface area contributed by atoms with Crippen LogP contribution in [0.4, 0.5) is 13.2 Å². The molecule has 0 spiro atoms. The van der Waals surface area contributed by atoms with Gasteiger partial charge in [0.25, 0.3) is 0 Å². The molecule has 2 aromatic rings. The van der Waals surface area contributed by atoms with Crippen LogP contribution in [0.1, 0.15) is 61.4 Å². The fourth-order valence-corrected chi connectivity index (χ4v) is 2.80. The van der Waals surface area contributed by atoms with Crippen molar-refractivity contribution in [1.82, 2.24) is 0 Å². The first-order valence-electron chi connectivity index (χ1n) is 7.79. The number of hydrogen-bond acceptors (Lipinski definition) is 1. The number of nitrogens with zero attached hydrogens (tertiary/aromatic N) is 1. The zero-order chi connectivity index (χ0) is 18.1. The molecule has 4 heteroatoms. The summed E-state index contributed by atoms with van der Waals surface area (Å²) in [5.74, 6) is 0.213. The molecular weight excluding hydrogens is 311 g/mol. The van der Waals surface area contributed by atoms with E-state index in [1.54, 1.807) is 12.1 Å². The third-order valence-electron chi connectivity index (χ3n) is 4.43. The van der Waals surface area contributed by atoms with E-state index in [0.29, 0.717) is 11.1 Å². The van der Waals surface area contributed by atoms with Crippen LogP contribution in [0.2, 0.25) is 0 Å². The largest absolute Gasteiger partial charge is 0.416 e. The van der Waals surface area contributed by atoms with E-state index in [2.05, 4.69) is 6.07 Å². The Labute approximate surface area is 140 Å². The summed E-state index contributed by atoms with van der Waals surface area (Å²) in [5.41, 5.74) is 1.61. The zero-order valence-corrected chi connectivity index (χ0v) is 14.2. The number of rotatable bonds is 3. The fraction of sp³-hybridized carbons (Fsp3) is 0.350. The Morgan fingerprint density at radius 3 is 2.04 bits per heavy atom. The highest BCUT2D eigenvalue weighted by Gasteiger charge is 2.32. The number of halogens is 3. The van der Waals surface area contributed by atoms with Crippen LogP contribution in [0.15, 0.2) is 42.5 Å². The summed E-state index contributed by atoms with van der Waals surface area (Å²) < 4.78 is 38.9. The van der Waals surface area contributed by atoms with E-state index in [1.165, 1.54) is 12.1 Å². The lowest BCUT2D eigenvalue weighted by Gasteiger charge is -2.27. The van der Waals surface area contributed by atoms with E-state index >= 15 is 0 Å². The monoisotopic (exact) mass is 331 g/mol. The van der Waals surface area contributed by atoms with Gasteiger partial charge in [0.05, 0.1) is 17.2 Å². The standard InChI is InChI=1S/C20H20F3N/c1-13(2)18-9-8-16(10-14(18)12-24)19(3,4)15-6-5-7-17(11-15)20(21,22)23/h5-11,13H,1-4H3. The molecule has 0 aliphatic carbocycles. The second-order valence-electron chi connectivity index (χ2n) is 6.77. The zero-order valence-electron chi connectivity index (χ0n) is 14.2. The summed E-state index contributed by atoms with van der Waals surface area (Å²) in [5, 5.41) is 9.38. The number of hydrogen-bond donors (Lipinski definition) is 0. The van der Waals surface area contributed by atoms with E-state index < -0.39 is 17.2 Å². The lowest BCUT2D eigenvalue weighted by Crippen LogP contribution is -2.20. The van der Waals surface area contributed by atoms with Gasteiger partial charge >= 0.3 is 6.18 Å². The van der Waals surface area contributed by atoms with Crippen LogP contribution in [0, 0.1) is 11.3 Å². The molecule has 0 aromatic heterocycles. The molecular formula is C20H20F3N. The lowest BCUT2D eigenvalue weighted by molar-refractivity contribution is -0.137. The minimum absolute atomic E-state index is 0.213. The first kappa shape index (κ1) is 18.1. The van der Waals surface area contributed by atoms with Crippen molar-refractivity contribution in [3.05, 3.63) is 70.3 Å². The molecule has 0 fully saturated rings. The molecule has 0 bridgehead atoms. The molecule has 0 saturated heterocycles. The molecule has 0 amide bonds. The Morgan fingerprint density at radius 1 is 0.917 bits per heavy atom. The van der Waals surface area contributed by atoms with Crippen LogP contribution in [0.3, 0.4) is 0 Å². The third kappa shape index (κ3) is 3.46. The molecule has 0 aliphatic heterocycles. The molecule has 1 nitrogen and oxygen atoms in total. The second-order valence-corrected chi connectivity index (χ2v) is 6.77.